The minimum atomic E-state index is -0.0570. The predicted molar refractivity (Wildman–Crippen MR) is 73.2 cm³/mol. The van der Waals surface area contributed by atoms with E-state index < -0.39 is 0 Å². The van der Waals surface area contributed by atoms with Gasteiger partial charge in [0.15, 0.2) is 0 Å². The van der Waals surface area contributed by atoms with Gasteiger partial charge in [0.25, 0.3) is 5.91 Å². The summed E-state index contributed by atoms with van der Waals surface area (Å²) in [6.45, 7) is 4.12. The molecule has 0 fully saturated rings. The second kappa shape index (κ2) is 6.30. The van der Waals surface area contributed by atoms with Crippen LogP contribution in [0.1, 0.15) is 37.0 Å². The highest BCUT2D eigenvalue weighted by atomic mass is 79.9. The number of halogens is 1. The highest BCUT2D eigenvalue weighted by Gasteiger charge is 2.11. The number of rotatable bonds is 4. The van der Waals surface area contributed by atoms with Crippen LogP contribution in [0.3, 0.4) is 0 Å². The van der Waals surface area contributed by atoms with Gasteiger partial charge in [-0.25, -0.2) is 0 Å². The maximum atomic E-state index is 11.9. The summed E-state index contributed by atoms with van der Waals surface area (Å²) in [6.07, 6.45) is 2.06. The fraction of sp³-hybridized carbons (Fsp3) is 0.417. The smallest absolute Gasteiger partial charge is 0.252 e. The van der Waals surface area contributed by atoms with Gasteiger partial charge in [0, 0.05) is 15.4 Å². The van der Waals surface area contributed by atoms with Crippen molar-refractivity contribution in [3.05, 3.63) is 28.2 Å². The molecule has 1 amide bonds. The van der Waals surface area contributed by atoms with E-state index >= 15 is 0 Å². The van der Waals surface area contributed by atoms with Gasteiger partial charge in [-0.2, -0.15) is 0 Å². The summed E-state index contributed by atoms with van der Waals surface area (Å²) in [5.74, 6) is -0.0570. The van der Waals surface area contributed by atoms with Gasteiger partial charge in [0.1, 0.15) is 0 Å². The van der Waals surface area contributed by atoms with Crippen LogP contribution in [0.4, 0.5) is 0 Å². The van der Waals surface area contributed by atoms with E-state index in [1.807, 2.05) is 19.1 Å². The van der Waals surface area contributed by atoms with Crippen LogP contribution in [0.25, 0.3) is 0 Å². The average molecular weight is 302 g/mol. The van der Waals surface area contributed by atoms with Crippen LogP contribution >= 0.6 is 28.6 Å². The lowest BCUT2D eigenvalue weighted by molar-refractivity contribution is 0.0935. The fourth-order valence-electron chi connectivity index (χ4n) is 1.50. The number of hydrogen-bond acceptors (Lipinski definition) is 2. The summed E-state index contributed by atoms with van der Waals surface area (Å²) < 4.78 is 0.927. The van der Waals surface area contributed by atoms with Crippen LogP contribution in [0.2, 0.25) is 0 Å². The van der Waals surface area contributed by atoms with Gasteiger partial charge in [-0.05, 0) is 31.5 Å². The maximum Gasteiger partial charge on any atom is 0.252 e. The molecule has 1 rings (SSSR count). The quantitative estimate of drug-likeness (QED) is 0.817. The van der Waals surface area contributed by atoms with Crippen molar-refractivity contribution < 1.29 is 4.79 Å². The third-order valence-corrected chi connectivity index (χ3v) is 3.17. The van der Waals surface area contributed by atoms with E-state index in [4.69, 9.17) is 0 Å². The first-order valence-electron chi connectivity index (χ1n) is 5.34. The molecule has 0 bridgehead atoms. The molecule has 1 unspecified atom stereocenters. The summed E-state index contributed by atoms with van der Waals surface area (Å²) in [4.78, 5) is 12.6. The Morgan fingerprint density at radius 2 is 2.25 bits per heavy atom. The van der Waals surface area contributed by atoms with Gasteiger partial charge in [-0.1, -0.05) is 29.3 Å². The first kappa shape index (κ1) is 13.6. The second-order valence-corrected chi connectivity index (χ2v) is 5.22. The van der Waals surface area contributed by atoms with E-state index in [1.54, 1.807) is 6.07 Å². The molecule has 0 saturated carbocycles. The normalized spacial score (nSPS) is 12.2. The zero-order valence-electron chi connectivity index (χ0n) is 9.46. The van der Waals surface area contributed by atoms with Crippen LogP contribution in [-0.4, -0.2) is 11.9 Å². The Bertz CT molecular complexity index is 381. The molecule has 2 nitrogen and oxygen atoms in total. The van der Waals surface area contributed by atoms with Gasteiger partial charge < -0.3 is 5.32 Å². The lowest BCUT2D eigenvalue weighted by Crippen LogP contribution is -2.32. The first-order chi connectivity index (χ1) is 7.54. The van der Waals surface area contributed by atoms with E-state index in [9.17, 15) is 4.79 Å². The molecular formula is C12H16BrNOS. The Kier molecular flexibility index (Phi) is 5.35. The minimum Gasteiger partial charge on any atom is -0.350 e. The Labute approximate surface area is 110 Å². The van der Waals surface area contributed by atoms with Gasteiger partial charge >= 0.3 is 0 Å². The summed E-state index contributed by atoms with van der Waals surface area (Å²) in [6, 6.07) is 5.65. The Balaban J connectivity index is 2.73. The van der Waals surface area contributed by atoms with Crippen LogP contribution in [0, 0.1) is 0 Å². The lowest BCUT2D eigenvalue weighted by Gasteiger charge is -2.13. The molecule has 4 heteroatoms. The molecule has 1 N–H and O–H groups in total. The van der Waals surface area contributed by atoms with E-state index in [-0.39, 0.29) is 11.9 Å². The topological polar surface area (TPSA) is 29.1 Å². The van der Waals surface area contributed by atoms with Gasteiger partial charge in [0.2, 0.25) is 0 Å². The van der Waals surface area contributed by atoms with Crippen molar-refractivity contribution in [3.8, 4) is 0 Å². The largest absolute Gasteiger partial charge is 0.350 e. The molecule has 1 atom stereocenters. The van der Waals surface area contributed by atoms with Crippen molar-refractivity contribution in [3.63, 3.8) is 0 Å². The zero-order valence-corrected chi connectivity index (χ0v) is 11.9. The summed E-state index contributed by atoms with van der Waals surface area (Å²) in [5, 5.41) is 2.95. The van der Waals surface area contributed by atoms with E-state index in [2.05, 4.69) is 40.8 Å². The van der Waals surface area contributed by atoms with E-state index in [1.165, 1.54) is 0 Å². The monoisotopic (exact) mass is 301 g/mol. The van der Waals surface area contributed by atoms with E-state index in [0.29, 0.717) is 10.5 Å². The molecule has 88 valence electrons. The average Bonchev–Trinajstić information content (AvgIpc) is 2.17. The fourth-order valence-corrected chi connectivity index (χ4v) is 2.36. The Hall–Kier alpha value is -0.480. The number of carbonyl (C=O) groups excluding carboxylic acids is 1. The molecule has 0 radical (unpaired) electrons. The predicted octanol–water partition coefficient (Wildman–Crippen LogP) is 3.66. The van der Waals surface area contributed by atoms with E-state index in [0.717, 1.165) is 17.3 Å². The Morgan fingerprint density at radius 1 is 1.56 bits per heavy atom. The summed E-state index contributed by atoms with van der Waals surface area (Å²) in [5.41, 5.74) is 0.620. The highest BCUT2D eigenvalue weighted by Crippen LogP contribution is 2.19. The van der Waals surface area contributed by atoms with Crippen molar-refractivity contribution in [2.24, 2.45) is 0 Å². The van der Waals surface area contributed by atoms with Gasteiger partial charge in [0.05, 0.1) is 5.56 Å². The van der Waals surface area contributed by atoms with Crippen molar-refractivity contribution >= 4 is 34.5 Å². The number of hydrogen-bond donors (Lipinski definition) is 2. The molecule has 1 aromatic rings. The molecule has 16 heavy (non-hydrogen) atoms. The van der Waals surface area contributed by atoms with Gasteiger partial charge in [-0.3, -0.25) is 4.79 Å². The van der Waals surface area contributed by atoms with Crippen molar-refractivity contribution in [1.29, 1.82) is 0 Å². The molecular weight excluding hydrogens is 286 g/mol. The third-order valence-electron chi connectivity index (χ3n) is 2.30. The SMILES string of the molecule is CCCC(C)NC(=O)c1ccc(Br)cc1S. The molecule has 0 heterocycles. The molecule has 0 aliphatic rings. The number of carbonyl (C=O) groups is 1. The van der Waals surface area contributed by atoms with Crippen LogP contribution < -0.4 is 5.32 Å². The highest BCUT2D eigenvalue weighted by molar-refractivity contribution is 9.10. The molecule has 0 aliphatic heterocycles. The van der Waals surface area contributed by atoms with Crippen molar-refractivity contribution in [2.75, 3.05) is 0 Å². The third kappa shape index (κ3) is 3.83. The zero-order chi connectivity index (χ0) is 12.1. The van der Waals surface area contributed by atoms with Crippen LogP contribution in [-0.2, 0) is 0 Å². The molecule has 0 aromatic heterocycles. The van der Waals surface area contributed by atoms with Crippen LogP contribution in [0.5, 0.6) is 0 Å². The number of amides is 1. The van der Waals surface area contributed by atoms with Crippen molar-refractivity contribution in [2.45, 2.75) is 37.6 Å². The molecule has 0 saturated heterocycles. The molecule has 1 aromatic carbocycles. The van der Waals surface area contributed by atoms with Gasteiger partial charge in [-0.15, -0.1) is 12.6 Å². The van der Waals surface area contributed by atoms with Crippen LogP contribution in [0.15, 0.2) is 27.6 Å². The molecule has 0 spiro atoms. The standard InChI is InChI=1S/C12H16BrNOS/c1-3-4-8(2)14-12(15)10-6-5-9(13)7-11(10)16/h5-8,16H,3-4H2,1-2H3,(H,14,15). The van der Waals surface area contributed by atoms with Crippen molar-refractivity contribution in [1.82, 2.24) is 5.32 Å². The summed E-state index contributed by atoms with van der Waals surface area (Å²) in [7, 11) is 0. The lowest BCUT2D eigenvalue weighted by atomic mass is 10.1. The molecule has 0 aliphatic carbocycles. The second-order valence-electron chi connectivity index (χ2n) is 3.82. The number of thiol groups is 1. The Morgan fingerprint density at radius 3 is 2.81 bits per heavy atom. The first-order valence-corrected chi connectivity index (χ1v) is 6.58. The number of benzene rings is 1. The maximum absolute atomic E-state index is 11.9. The number of nitrogens with one attached hydrogen (secondary N) is 1. The summed E-state index contributed by atoms with van der Waals surface area (Å²) >= 11 is 7.63. The minimum absolute atomic E-state index is 0.0570.